The third kappa shape index (κ3) is 3.06. The topological polar surface area (TPSA) is 113 Å². The average molecular weight is 410 g/mol. The van der Waals surface area contributed by atoms with Gasteiger partial charge in [-0.3, -0.25) is 34.3 Å². The van der Waals surface area contributed by atoms with Crippen LogP contribution in [0.5, 0.6) is 0 Å². The van der Waals surface area contributed by atoms with Crippen molar-refractivity contribution in [3.63, 3.8) is 0 Å². The van der Waals surface area contributed by atoms with Crippen molar-refractivity contribution in [2.24, 2.45) is 17.6 Å². The summed E-state index contributed by atoms with van der Waals surface area (Å²) in [6, 6.07) is 4.51. The lowest BCUT2D eigenvalue weighted by Crippen LogP contribution is -2.54. The van der Waals surface area contributed by atoms with Crippen molar-refractivity contribution in [2.45, 2.75) is 50.7 Å². The molecule has 1 aromatic rings. The Morgan fingerprint density at radius 3 is 2.67 bits per heavy atom. The van der Waals surface area contributed by atoms with Crippen molar-refractivity contribution >= 4 is 23.6 Å². The van der Waals surface area contributed by atoms with E-state index in [-0.39, 0.29) is 24.8 Å². The standard InChI is InChI=1S/C22H26N4O4/c23-16-11-25(9-12-3-1-5-14(12)16)10-13-4-2-6-15-19(13)22(30)26(21(15)29)17-7-8-18(27)24-20(17)28/h2,4,6,12,14,16-17H,1,3,5,7-11,23H2,(H,24,27,28)/t12-,14-,16-,17?/m1/s1. The van der Waals surface area contributed by atoms with Crippen molar-refractivity contribution in [1.82, 2.24) is 15.1 Å². The summed E-state index contributed by atoms with van der Waals surface area (Å²) in [5, 5.41) is 2.23. The largest absolute Gasteiger partial charge is 0.326 e. The molecule has 2 saturated heterocycles. The predicted molar refractivity (Wildman–Crippen MR) is 107 cm³/mol. The number of fused-ring (bicyclic) bond motifs is 2. The first-order valence-corrected chi connectivity index (χ1v) is 10.8. The SMILES string of the molecule is N[C@@H]1CN(Cc2cccc3c2C(=O)N(C2CCC(=O)NC2=O)C3=O)C[C@H]2CCC[C@H]21. The molecule has 3 heterocycles. The Morgan fingerprint density at radius 2 is 1.87 bits per heavy atom. The first kappa shape index (κ1) is 19.4. The number of rotatable bonds is 3. The molecule has 4 atom stereocenters. The molecule has 8 nitrogen and oxygen atoms in total. The van der Waals surface area contributed by atoms with E-state index in [0.717, 1.165) is 23.6 Å². The molecule has 0 spiro atoms. The van der Waals surface area contributed by atoms with Gasteiger partial charge in [-0.2, -0.15) is 0 Å². The quantitative estimate of drug-likeness (QED) is 0.708. The van der Waals surface area contributed by atoms with Gasteiger partial charge in [-0.1, -0.05) is 18.6 Å². The molecule has 4 amide bonds. The zero-order chi connectivity index (χ0) is 21.0. The maximum Gasteiger partial charge on any atom is 0.262 e. The number of likely N-dealkylation sites (tertiary alicyclic amines) is 1. The van der Waals surface area contributed by atoms with Gasteiger partial charge in [0.25, 0.3) is 11.8 Å². The highest BCUT2D eigenvalue weighted by atomic mass is 16.2. The fourth-order valence-corrected chi connectivity index (χ4v) is 5.78. The van der Waals surface area contributed by atoms with E-state index in [4.69, 9.17) is 5.73 Å². The van der Waals surface area contributed by atoms with Gasteiger partial charge >= 0.3 is 0 Å². The number of hydrogen-bond acceptors (Lipinski definition) is 6. The number of nitrogens with one attached hydrogen (secondary N) is 1. The fraction of sp³-hybridized carbons (Fsp3) is 0.545. The number of benzene rings is 1. The number of amides is 4. The summed E-state index contributed by atoms with van der Waals surface area (Å²) >= 11 is 0. The molecule has 1 aromatic carbocycles. The van der Waals surface area contributed by atoms with E-state index in [9.17, 15) is 19.2 Å². The monoisotopic (exact) mass is 410 g/mol. The summed E-state index contributed by atoms with van der Waals surface area (Å²) in [5.41, 5.74) is 7.94. The van der Waals surface area contributed by atoms with Crippen LogP contribution in [-0.2, 0) is 16.1 Å². The van der Waals surface area contributed by atoms with Gasteiger partial charge in [0.05, 0.1) is 11.1 Å². The van der Waals surface area contributed by atoms with Gasteiger partial charge in [0, 0.05) is 32.1 Å². The maximum absolute atomic E-state index is 13.2. The fourth-order valence-electron chi connectivity index (χ4n) is 5.78. The third-order valence-electron chi connectivity index (χ3n) is 7.18. The predicted octanol–water partition coefficient (Wildman–Crippen LogP) is 0.647. The number of carbonyl (C=O) groups is 4. The molecule has 3 aliphatic heterocycles. The average Bonchev–Trinajstić information content (AvgIpc) is 3.27. The first-order valence-electron chi connectivity index (χ1n) is 10.8. The summed E-state index contributed by atoms with van der Waals surface area (Å²) in [5.74, 6) is -0.675. The van der Waals surface area contributed by atoms with Crippen molar-refractivity contribution in [3.05, 3.63) is 34.9 Å². The Morgan fingerprint density at radius 1 is 1.03 bits per heavy atom. The van der Waals surface area contributed by atoms with E-state index in [0.29, 0.717) is 29.5 Å². The summed E-state index contributed by atoms with van der Waals surface area (Å²) in [7, 11) is 0. The van der Waals surface area contributed by atoms with Gasteiger partial charge in [0.2, 0.25) is 11.8 Å². The van der Waals surface area contributed by atoms with E-state index in [1.807, 2.05) is 6.07 Å². The Hall–Kier alpha value is -2.58. The third-order valence-corrected chi connectivity index (χ3v) is 7.18. The van der Waals surface area contributed by atoms with Crippen LogP contribution >= 0.6 is 0 Å². The minimum Gasteiger partial charge on any atom is -0.326 e. The lowest BCUT2D eigenvalue weighted by molar-refractivity contribution is -0.136. The number of carbonyl (C=O) groups excluding carboxylic acids is 4. The highest BCUT2D eigenvalue weighted by Gasteiger charge is 2.46. The van der Waals surface area contributed by atoms with Gasteiger partial charge in [-0.15, -0.1) is 0 Å². The molecule has 3 N–H and O–H groups in total. The zero-order valence-electron chi connectivity index (χ0n) is 16.8. The van der Waals surface area contributed by atoms with E-state index in [1.165, 1.54) is 19.3 Å². The molecule has 0 radical (unpaired) electrons. The van der Waals surface area contributed by atoms with Crippen LogP contribution in [0.15, 0.2) is 18.2 Å². The van der Waals surface area contributed by atoms with Crippen LogP contribution in [-0.4, -0.2) is 58.6 Å². The second kappa shape index (κ2) is 7.28. The van der Waals surface area contributed by atoms with E-state index >= 15 is 0 Å². The number of hydrogen-bond donors (Lipinski definition) is 2. The Bertz CT molecular complexity index is 945. The van der Waals surface area contributed by atoms with Crippen molar-refractivity contribution in [3.8, 4) is 0 Å². The van der Waals surface area contributed by atoms with Crippen LogP contribution in [0.3, 0.4) is 0 Å². The number of nitrogens with zero attached hydrogens (tertiary/aromatic N) is 2. The summed E-state index contributed by atoms with van der Waals surface area (Å²) in [6.07, 6.45) is 3.91. The van der Waals surface area contributed by atoms with E-state index in [2.05, 4.69) is 10.2 Å². The molecular formula is C22H26N4O4. The molecule has 0 bridgehead atoms. The van der Waals surface area contributed by atoms with Crippen LogP contribution in [0.2, 0.25) is 0 Å². The molecule has 8 heteroatoms. The minimum absolute atomic E-state index is 0.116. The molecule has 30 heavy (non-hydrogen) atoms. The highest BCUT2D eigenvalue weighted by Crippen LogP contribution is 2.38. The molecule has 158 valence electrons. The Labute approximate surface area is 174 Å². The number of piperidine rings is 2. The summed E-state index contributed by atoms with van der Waals surface area (Å²) in [4.78, 5) is 53.3. The minimum atomic E-state index is -0.939. The van der Waals surface area contributed by atoms with E-state index < -0.39 is 23.8 Å². The van der Waals surface area contributed by atoms with Gasteiger partial charge in [0.15, 0.2) is 0 Å². The molecule has 0 aromatic heterocycles. The van der Waals surface area contributed by atoms with Crippen LogP contribution in [0.25, 0.3) is 0 Å². The van der Waals surface area contributed by atoms with Crippen molar-refractivity contribution in [1.29, 1.82) is 0 Å². The van der Waals surface area contributed by atoms with Crippen LogP contribution in [0, 0.1) is 11.8 Å². The highest BCUT2D eigenvalue weighted by molar-refractivity contribution is 6.24. The Balaban J connectivity index is 1.40. The lowest BCUT2D eigenvalue weighted by atomic mass is 9.85. The van der Waals surface area contributed by atoms with Gasteiger partial charge in [0.1, 0.15) is 6.04 Å². The van der Waals surface area contributed by atoms with Crippen molar-refractivity contribution < 1.29 is 19.2 Å². The molecule has 3 fully saturated rings. The normalized spacial score (nSPS) is 31.7. The van der Waals surface area contributed by atoms with Crippen LogP contribution in [0.4, 0.5) is 0 Å². The zero-order valence-corrected chi connectivity index (χ0v) is 16.8. The summed E-state index contributed by atoms with van der Waals surface area (Å²) in [6.45, 7) is 2.30. The number of imide groups is 2. The van der Waals surface area contributed by atoms with E-state index in [1.54, 1.807) is 12.1 Å². The molecule has 1 unspecified atom stereocenters. The molecule has 4 aliphatic rings. The second-order valence-corrected chi connectivity index (χ2v) is 9.00. The van der Waals surface area contributed by atoms with Gasteiger partial charge < -0.3 is 5.73 Å². The Kier molecular flexibility index (Phi) is 4.71. The van der Waals surface area contributed by atoms with Gasteiger partial charge in [-0.25, -0.2) is 0 Å². The smallest absolute Gasteiger partial charge is 0.262 e. The van der Waals surface area contributed by atoms with Crippen molar-refractivity contribution in [2.75, 3.05) is 13.1 Å². The van der Waals surface area contributed by atoms with Gasteiger partial charge in [-0.05, 0) is 42.7 Å². The lowest BCUT2D eigenvalue weighted by Gasteiger charge is -2.39. The molecule has 5 rings (SSSR count). The molecule has 1 saturated carbocycles. The summed E-state index contributed by atoms with van der Waals surface area (Å²) < 4.78 is 0. The molecular weight excluding hydrogens is 384 g/mol. The van der Waals surface area contributed by atoms with Crippen LogP contribution in [0.1, 0.15) is 58.4 Å². The van der Waals surface area contributed by atoms with Crippen LogP contribution < -0.4 is 11.1 Å². The maximum atomic E-state index is 13.2. The number of nitrogens with two attached hydrogens (primary N) is 1. The molecule has 1 aliphatic carbocycles. The first-order chi connectivity index (χ1) is 14.4. The second-order valence-electron chi connectivity index (χ2n) is 9.00.